The Morgan fingerprint density at radius 3 is 2.73 bits per heavy atom. The minimum Gasteiger partial charge on any atom is -0.342 e. The van der Waals surface area contributed by atoms with Crippen LogP contribution in [-0.2, 0) is 0 Å². The Morgan fingerprint density at radius 1 is 1.40 bits per heavy atom. The van der Waals surface area contributed by atoms with E-state index in [1.807, 2.05) is 6.92 Å². The number of para-hydroxylation sites is 1. The molecular weight excluding hydrogens is 194 g/mol. The molecule has 2 aromatic rings. The van der Waals surface area contributed by atoms with Crippen LogP contribution in [0, 0.1) is 17.0 Å². The van der Waals surface area contributed by atoms with Crippen LogP contribution in [0.25, 0.3) is 11.4 Å². The summed E-state index contributed by atoms with van der Waals surface area (Å²) in [5.74, 6) is 0.528. The molecule has 0 saturated carbocycles. The molecule has 0 fully saturated rings. The zero-order valence-electron chi connectivity index (χ0n) is 8.10. The average Bonchev–Trinajstić information content (AvgIpc) is 2.65. The van der Waals surface area contributed by atoms with E-state index in [9.17, 15) is 10.1 Å². The molecule has 0 unspecified atom stereocenters. The monoisotopic (exact) mass is 203 g/mol. The summed E-state index contributed by atoms with van der Waals surface area (Å²) in [5, 5.41) is 10.8. The summed E-state index contributed by atoms with van der Waals surface area (Å²) in [4.78, 5) is 17.4. The Kier molecular flexibility index (Phi) is 2.21. The van der Waals surface area contributed by atoms with Gasteiger partial charge in [0, 0.05) is 18.0 Å². The number of aromatic nitrogens is 2. The quantitative estimate of drug-likeness (QED) is 0.601. The lowest BCUT2D eigenvalue weighted by molar-refractivity contribution is -0.384. The van der Waals surface area contributed by atoms with Crippen LogP contribution in [0.3, 0.4) is 0 Å². The number of nitro groups is 1. The molecule has 0 amide bonds. The first kappa shape index (κ1) is 9.39. The van der Waals surface area contributed by atoms with Gasteiger partial charge < -0.3 is 4.98 Å². The van der Waals surface area contributed by atoms with Crippen LogP contribution in [-0.4, -0.2) is 14.9 Å². The summed E-state index contributed by atoms with van der Waals surface area (Å²) in [6.45, 7) is 1.85. The first-order chi connectivity index (χ1) is 7.18. The highest BCUT2D eigenvalue weighted by atomic mass is 16.6. The lowest BCUT2D eigenvalue weighted by Crippen LogP contribution is -1.92. The molecule has 0 saturated heterocycles. The number of nitrogens with one attached hydrogen (secondary N) is 1. The number of hydrogen-bond acceptors (Lipinski definition) is 3. The van der Waals surface area contributed by atoms with E-state index in [1.54, 1.807) is 24.4 Å². The fourth-order valence-electron chi connectivity index (χ4n) is 1.38. The molecule has 5 heteroatoms. The van der Waals surface area contributed by atoms with Crippen molar-refractivity contribution in [3.05, 3.63) is 46.3 Å². The molecule has 1 N–H and O–H groups in total. The van der Waals surface area contributed by atoms with Crippen molar-refractivity contribution in [2.24, 2.45) is 0 Å². The van der Waals surface area contributed by atoms with Crippen molar-refractivity contribution in [1.29, 1.82) is 0 Å². The first-order valence-electron chi connectivity index (χ1n) is 4.44. The van der Waals surface area contributed by atoms with Gasteiger partial charge in [-0.05, 0) is 13.0 Å². The van der Waals surface area contributed by atoms with Crippen LogP contribution >= 0.6 is 0 Å². The molecule has 15 heavy (non-hydrogen) atoms. The fourth-order valence-corrected chi connectivity index (χ4v) is 1.38. The standard InChI is InChI=1S/C10H9N3O2/c1-7-6-11-10(12-7)8-4-2-3-5-9(8)13(14)15/h2-6H,1H3,(H,11,12). The van der Waals surface area contributed by atoms with Crippen LogP contribution in [0.1, 0.15) is 5.69 Å². The molecule has 0 spiro atoms. The smallest absolute Gasteiger partial charge is 0.280 e. The van der Waals surface area contributed by atoms with E-state index < -0.39 is 4.92 Å². The second kappa shape index (κ2) is 3.53. The Labute approximate surface area is 85.9 Å². The Balaban J connectivity index is 2.57. The molecule has 76 valence electrons. The predicted molar refractivity (Wildman–Crippen MR) is 55.4 cm³/mol. The highest BCUT2D eigenvalue weighted by Crippen LogP contribution is 2.26. The van der Waals surface area contributed by atoms with E-state index in [0.717, 1.165) is 5.69 Å². The Bertz CT molecular complexity index is 505. The lowest BCUT2D eigenvalue weighted by Gasteiger charge is -1.98. The highest BCUT2D eigenvalue weighted by Gasteiger charge is 2.15. The van der Waals surface area contributed by atoms with Crippen molar-refractivity contribution in [2.45, 2.75) is 6.92 Å². The molecule has 1 aromatic carbocycles. The summed E-state index contributed by atoms with van der Waals surface area (Å²) in [5.41, 5.74) is 1.45. The average molecular weight is 203 g/mol. The van der Waals surface area contributed by atoms with Crippen molar-refractivity contribution >= 4 is 5.69 Å². The summed E-state index contributed by atoms with van der Waals surface area (Å²) >= 11 is 0. The van der Waals surface area contributed by atoms with Gasteiger partial charge in [-0.2, -0.15) is 0 Å². The molecule has 0 aliphatic carbocycles. The van der Waals surface area contributed by atoms with Gasteiger partial charge in [-0.1, -0.05) is 12.1 Å². The molecule has 1 aromatic heterocycles. The van der Waals surface area contributed by atoms with E-state index in [4.69, 9.17) is 0 Å². The minimum absolute atomic E-state index is 0.0619. The van der Waals surface area contributed by atoms with Gasteiger partial charge in [-0.15, -0.1) is 0 Å². The molecule has 0 aliphatic heterocycles. The van der Waals surface area contributed by atoms with Crippen molar-refractivity contribution in [3.8, 4) is 11.4 Å². The third-order valence-electron chi connectivity index (χ3n) is 2.06. The molecule has 1 heterocycles. The van der Waals surface area contributed by atoms with Crippen molar-refractivity contribution in [3.63, 3.8) is 0 Å². The van der Waals surface area contributed by atoms with E-state index in [0.29, 0.717) is 11.4 Å². The topological polar surface area (TPSA) is 71.8 Å². The molecule has 5 nitrogen and oxygen atoms in total. The number of benzene rings is 1. The van der Waals surface area contributed by atoms with Crippen molar-refractivity contribution < 1.29 is 4.92 Å². The summed E-state index contributed by atoms with van der Waals surface area (Å²) in [6, 6.07) is 6.53. The Morgan fingerprint density at radius 2 is 2.13 bits per heavy atom. The van der Waals surface area contributed by atoms with E-state index in [-0.39, 0.29) is 5.69 Å². The number of imidazole rings is 1. The van der Waals surface area contributed by atoms with E-state index >= 15 is 0 Å². The van der Waals surface area contributed by atoms with Gasteiger partial charge in [0.15, 0.2) is 0 Å². The zero-order valence-corrected chi connectivity index (χ0v) is 8.10. The number of aromatic amines is 1. The largest absolute Gasteiger partial charge is 0.342 e. The predicted octanol–water partition coefficient (Wildman–Crippen LogP) is 2.29. The normalized spacial score (nSPS) is 10.2. The minimum atomic E-state index is -0.410. The summed E-state index contributed by atoms with van der Waals surface area (Å²) in [7, 11) is 0. The Hall–Kier alpha value is -2.17. The molecule has 2 rings (SSSR count). The molecular formula is C10H9N3O2. The van der Waals surface area contributed by atoms with Crippen LogP contribution < -0.4 is 0 Å². The molecule has 0 atom stereocenters. The van der Waals surface area contributed by atoms with Gasteiger partial charge in [0.2, 0.25) is 0 Å². The van der Waals surface area contributed by atoms with Crippen molar-refractivity contribution in [1.82, 2.24) is 9.97 Å². The number of nitro benzene ring substituents is 1. The van der Waals surface area contributed by atoms with Gasteiger partial charge >= 0.3 is 0 Å². The zero-order chi connectivity index (χ0) is 10.8. The number of H-pyrrole nitrogens is 1. The maximum absolute atomic E-state index is 10.8. The van der Waals surface area contributed by atoms with Crippen LogP contribution in [0.2, 0.25) is 0 Å². The number of rotatable bonds is 2. The van der Waals surface area contributed by atoms with E-state index in [1.165, 1.54) is 6.07 Å². The van der Waals surface area contributed by atoms with Crippen LogP contribution in [0.15, 0.2) is 30.5 Å². The van der Waals surface area contributed by atoms with Gasteiger partial charge in [-0.3, -0.25) is 10.1 Å². The SMILES string of the molecule is Cc1cnc(-c2ccccc2[N+](=O)[O-])[nH]1. The van der Waals surface area contributed by atoms with Crippen LogP contribution in [0.4, 0.5) is 5.69 Å². The van der Waals surface area contributed by atoms with Gasteiger partial charge in [0.1, 0.15) is 5.82 Å². The van der Waals surface area contributed by atoms with Crippen molar-refractivity contribution in [2.75, 3.05) is 0 Å². The fraction of sp³-hybridized carbons (Fsp3) is 0.100. The van der Waals surface area contributed by atoms with Gasteiger partial charge in [-0.25, -0.2) is 4.98 Å². The highest BCUT2D eigenvalue weighted by molar-refractivity contribution is 5.67. The summed E-state index contributed by atoms with van der Waals surface area (Å²) in [6.07, 6.45) is 1.64. The molecule has 0 aliphatic rings. The lowest BCUT2D eigenvalue weighted by atomic mass is 10.2. The third-order valence-corrected chi connectivity index (χ3v) is 2.06. The molecule has 0 bridgehead atoms. The number of nitrogens with zero attached hydrogens (tertiary/aromatic N) is 2. The van der Waals surface area contributed by atoms with Crippen LogP contribution in [0.5, 0.6) is 0 Å². The van der Waals surface area contributed by atoms with Gasteiger partial charge in [0.05, 0.1) is 10.5 Å². The molecule has 0 radical (unpaired) electrons. The number of aryl methyl sites for hydroxylation is 1. The second-order valence-corrected chi connectivity index (χ2v) is 3.19. The van der Waals surface area contributed by atoms with E-state index in [2.05, 4.69) is 9.97 Å². The second-order valence-electron chi connectivity index (χ2n) is 3.19. The third kappa shape index (κ3) is 1.71. The van der Waals surface area contributed by atoms with Gasteiger partial charge in [0.25, 0.3) is 5.69 Å². The maximum atomic E-state index is 10.8. The summed E-state index contributed by atoms with van der Waals surface area (Å²) < 4.78 is 0. The maximum Gasteiger partial charge on any atom is 0.280 e. The first-order valence-corrected chi connectivity index (χ1v) is 4.44. The number of hydrogen-bond donors (Lipinski definition) is 1.